The minimum Gasteiger partial charge on any atom is -0.321 e. The Balaban J connectivity index is 2.01. The lowest BCUT2D eigenvalue weighted by Gasteiger charge is -2.22. The van der Waals surface area contributed by atoms with E-state index in [2.05, 4.69) is 5.32 Å². The molecule has 4 rings (SSSR count). The van der Waals surface area contributed by atoms with Crippen LogP contribution in [-0.2, 0) is 6.42 Å². The van der Waals surface area contributed by atoms with Crippen molar-refractivity contribution in [3.05, 3.63) is 116 Å². The molecular weight excluding hydrogens is 432 g/mol. The number of nitrogens with one attached hydrogen (secondary N) is 1. The summed E-state index contributed by atoms with van der Waals surface area (Å²) in [6.45, 7) is 5.84. The summed E-state index contributed by atoms with van der Waals surface area (Å²) in [5, 5.41) is 3.48. The zero-order chi connectivity index (χ0) is 23.5. The first kappa shape index (κ1) is 22.6. The summed E-state index contributed by atoms with van der Waals surface area (Å²) in [5.41, 5.74) is 5.04. The van der Waals surface area contributed by atoms with Gasteiger partial charge in [0, 0.05) is 33.7 Å². The van der Waals surface area contributed by atoms with Crippen LogP contribution >= 0.6 is 11.6 Å². The minimum absolute atomic E-state index is 0.0582. The van der Waals surface area contributed by atoms with Gasteiger partial charge in [-0.1, -0.05) is 73.1 Å². The number of rotatable bonds is 5. The predicted octanol–water partition coefficient (Wildman–Crippen LogP) is 6.59. The van der Waals surface area contributed by atoms with Gasteiger partial charge in [0.05, 0.1) is 5.69 Å². The second-order valence-corrected chi connectivity index (χ2v) is 8.35. The monoisotopic (exact) mass is 456 g/mol. The number of para-hydroxylation sites is 2. The molecule has 0 radical (unpaired) electrons. The predicted molar refractivity (Wildman–Crippen MR) is 136 cm³/mol. The fraction of sp³-hybridized carbons (Fsp3) is 0.143. The highest BCUT2D eigenvalue weighted by Gasteiger charge is 2.24. The molecule has 0 spiro atoms. The molecule has 1 N–H and O–H groups in total. The van der Waals surface area contributed by atoms with Gasteiger partial charge in [-0.2, -0.15) is 0 Å². The number of anilines is 1. The maximum absolute atomic E-state index is 13.7. The van der Waals surface area contributed by atoms with Gasteiger partial charge in [-0.3, -0.25) is 9.59 Å². The van der Waals surface area contributed by atoms with E-state index in [4.69, 9.17) is 11.6 Å². The van der Waals surface area contributed by atoms with Gasteiger partial charge in [0.2, 0.25) is 0 Å². The van der Waals surface area contributed by atoms with Crippen molar-refractivity contribution in [2.75, 3.05) is 5.32 Å². The summed E-state index contributed by atoms with van der Waals surface area (Å²) in [4.78, 5) is 27.0. The molecule has 33 heavy (non-hydrogen) atoms. The SMILES string of the molecule is CCc1cccc(C)c1NC(=O)c1c(-c2ccccc2Cl)n(-c2ccccc2)c(C)cc1=O. The summed E-state index contributed by atoms with van der Waals surface area (Å²) in [5.74, 6) is -0.455. The number of hydrogen-bond donors (Lipinski definition) is 1. The number of pyridine rings is 1. The average Bonchev–Trinajstić information content (AvgIpc) is 2.80. The molecule has 0 saturated heterocycles. The summed E-state index contributed by atoms with van der Waals surface area (Å²) in [6.07, 6.45) is 0.761. The van der Waals surface area contributed by atoms with Gasteiger partial charge in [0.1, 0.15) is 5.56 Å². The standard InChI is InChI=1S/C28H25ClN2O2/c1-4-20-12-10-11-18(2)26(20)30-28(33)25-24(32)17-19(3)31(21-13-6-5-7-14-21)27(25)22-15-8-9-16-23(22)29/h5-17H,4H2,1-3H3,(H,30,33). The topological polar surface area (TPSA) is 51.1 Å². The van der Waals surface area contributed by atoms with Gasteiger partial charge in [-0.15, -0.1) is 0 Å². The first-order chi connectivity index (χ1) is 15.9. The molecular formula is C28H25ClN2O2. The number of aryl methyl sites for hydroxylation is 3. The Morgan fingerprint density at radius 3 is 2.33 bits per heavy atom. The number of amides is 1. The molecule has 0 saturated carbocycles. The van der Waals surface area contributed by atoms with Gasteiger partial charge >= 0.3 is 0 Å². The average molecular weight is 457 g/mol. The first-order valence-corrected chi connectivity index (χ1v) is 11.3. The molecule has 4 aromatic rings. The van der Waals surface area contributed by atoms with Crippen LogP contribution in [0.1, 0.15) is 34.1 Å². The molecule has 0 unspecified atom stereocenters. The Bertz CT molecular complexity index is 1390. The van der Waals surface area contributed by atoms with Crippen molar-refractivity contribution in [2.45, 2.75) is 27.2 Å². The number of carbonyl (C=O) groups excluding carboxylic acids is 1. The first-order valence-electron chi connectivity index (χ1n) is 10.9. The van der Waals surface area contributed by atoms with Crippen LogP contribution in [0.2, 0.25) is 5.02 Å². The lowest BCUT2D eigenvalue weighted by Crippen LogP contribution is -2.27. The molecule has 0 fully saturated rings. The fourth-order valence-electron chi connectivity index (χ4n) is 4.15. The smallest absolute Gasteiger partial charge is 0.261 e. The molecule has 0 aliphatic heterocycles. The quantitative estimate of drug-likeness (QED) is 0.368. The molecule has 0 aliphatic carbocycles. The molecule has 166 valence electrons. The third kappa shape index (κ3) is 4.35. The Hall–Kier alpha value is -3.63. The van der Waals surface area contributed by atoms with Crippen LogP contribution in [0.4, 0.5) is 5.69 Å². The van der Waals surface area contributed by atoms with Crippen molar-refractivity contribution in [3.8, 4) is 16.9 Å². The van der Waals surface area contributed by atoms with Crippen LogP contribution < -0.4 is 10.7 Å². The Labute approximate surface area is 198 Å². The molecule has 4 nitrogen and oxygen atoms in total. The Morgan fingerprint density at radius 1 is 0.939 bits per heavy atom. The molecule has 0 bridgehead atoms. The van der Waals surface area contributed by atoms with Gasteiger partial charge in [-0.25, -0.2) is 0 Å². The molecule has 0 aliphatic rings. The molecule has 1 aromatic heterocycles. The lowest BCUT2D eigenvalue weighted by atomic mass is 10.0. The maximum Gasteiger partial charge on any atom is 0.261 e. The van der Waals surface area contributed by atoms with Crippen molar-refractivity contribution in [1.82, 2.24) is 4.57 Å². The van der Waals surface area contributed by atoms with Crippen molar-refractivity contribution in [2.24, 2.45) is 0 Å². The van der Waals surface area contributed by atoms with Crippen molar-refractivity contribution in [1.29, 1.82) is 0 Å². The van der Waals surface area contributed by atoms with Crippen molar-refractivity contribution in [3.63, 3.8) is 0 Å². The Kier molecular flexibility index (Phi) is 6.47. The number of nitrogens with zero attached hydrogens (tertiary/aromatic N) is 1. The summed E-state index contributed by atoms with van der Waals surface area (Å²) in [6, 6.07) is 24.3. The van der Waals surface area contributed by atoms with Crippen LogP contribution in [0.15, 0.2) is 83.7 Å². The summed E-state index contributed by atoms with van der Waals surface area (Å²) in [7, 11) is 0. The molecule has 3 aromatic carbocycles. The number of benzene rings is 3. The van der Waals surface area contributed by atoms with Crippen LogP contribution in [-0.4, -0.2) is 10.5 Å². The third-order valence-corrected chi connectivity index (χ3v) is 6.08. The van der Waals surface area contributed by atoms with Crippen LogP contribution in [0.25, 0.3) is 16.9 Å². The van der Waals surface area contributed by atoms with E-state index < -0.39 is 5.91 Å². The second-order valence-electron chi connectivity index (χ2n) is 7.94. The normalized spacial score (nSPS) is 10.8. The zero-order valence-electron chi connectivity index (χ0n) is 18.9. The van der Waals surface area contributed by atoms with Gasteiger partial charge in [0.25, 0.3) is 5.91 Å². The molecule has 1 amide bonds. The van der Waals surface area contributed by atoms with E-state index in [1.54, 1.807) is 6.07 Å². The summed E-state index contributed by atoms with van der Waals surface area (Å²) < 4.78 is 1.91. The maximum atomic E-state index is 13.7. The van der Waals surface area contributed by atoms with Gasteiger partial charge < -0.3 is 9.88 Å². The molecule has 1 heterocycles. The number of aromatic nitrogens is 1. The van der Waals surface area contributed by atoms with E-state index in [1.807, 2.05) is 92.1 Å². The highest BCUT2D eigenvalue weighted by molar-refractivity contribution is 6.33. The largest absolute Gasteiger partial charge is 0.321 e. The van der Waals surface area contributed by atoms with Crippen LogP contribution in [0.5, 0.6) is 0 Å². The number of hydrogen-bond acceptors (Lipinski definition) is 2. The van der Waals surface area contributed by atoms with Crippen molar-refractivity contribution < 1.29 is 4.79 Å². The highest BCUT2D eigenvalue weighted by atomic mass is 35.5. The van der Waals surface area contributed by atoms with E-state index in [0.29, 0.717) is 22.0 Å². The van der Waals surface area contributed by atoms with E-state index in [9.17, 15) is 9.59 Å². The lowest BCUT2D eigenvalue weighted by molar-refractivity contribution is 0.102. The zero-order valence-corrected chi connectivity index (χ0v) is 19.6. The summed E-state index contributed by atoms with van der Waals surface area (Å²) >= 11 is 6.59. The van der Waals surface area contributed by atoms with Crippen molar-refractivity contribution >= 4 is 23.2 Å². The fourth-order valence-corrected chi connectivity index (χ4v) is 4.37. The van der Waals surface area contributed by atoms with E-state index >= 15 is 0 Å². The molecule has 5 heteroatoms. The minimum atomic E-state index is -0.455. The van der Waals surface area contributed by atoms with E-state index in [1.165, 1.54) is 6.07 Å². The number of halogens is 1. The highest BCUT2D eigenvalue weighted by Crippen LogP contribution is 2.33. The Morgan fingerprint density at radius 2 is 1.64 bits per heavy atom. The van der Waals surface area contributed by atoms with Gasteiger partial charge in [-0.05, 0) is 49.6 Å². The van der Waals surface area contributed by atoms with E-state index in [-0.39, 0.29) is 11.0 Å². The number of carbonyl (C=O) groups is 1. The van der Waals surface area contributed by atoms with Gasteiger partial charge in [0.15, 0.2) is 5.43 Å². The van der Waals surface area contributed by atoms with Crippen LogP contribution in [0, 0.1) is 13.8 Å². The van der Waals surface area contributed by atoms with E-state index in [0.717, 1.165) is 28.9 Å². The molecule has 0 atom stereocenters. The van der Waals surface area contributed by atoms with Crippen LogP contribution in [0.3, 0.4) is 0 Å². The second kappa shape index (κ2) is 9.47. The third-order valence-electron chi connectivity index (χ3n) is 5.75.